The highest BCUT2D eigenvalue weighted by Crippen LogP contribution is 2.47. The zero-order valence-corrected chi connectivity index (χ0v) is 26.8. The second-order valence-electron chi connectivity index (χ2n) is 13.7. The Bertz CT molecular complexity index is 2530. The summed E-state index contributed by atoms with van der Waals surface area (Å²) < 4.78 is 9.04. The van der Waals surface area contributed by atoms with Crippen molar-refractivity contribution in [2.24, 2.45) is 0 Å². The largest absolute Gasteiger partial charge is 0.456 e. The molecule has 0 unspecified atom stereocenters. The van der Waals surface area contributed by atoms with Crippen molar-refractivity contribution in [1.29, 1.82) is 0 Å². The van der Waals surface area contributed by atoms with Crippen LogP contribution in [0, 0.1) is 0 Å². The van der Waals surface area contributed by atoms with Gasteiger partial charge >= 0.3 is 0 Å². The minimum absolute atomic E-state index is 0.0737. The summed E-state index contributed by atoms with van der Waals surface area (Å²) in [7, 11) is 0. The molecule has 218 valence electrons. The lowest BCUT2D eigenvalue weighted by Gasteiger charge is -2.36. The molecule has 4 heterocycles. The third kappa shape index (κ3) is 3.59. The lowest BCUT2D eigenvalue weighted by molar-refractivity contribution is 0.591. The molecule has 0 fully saturated rings. The van der Waals surface area contributed by atoms with E-state index in [1.54, 1.807) is 0 Å². The van der Waals surface area contributed by atoms with Crippen LogP contribution in [0.5, 0.6) is 0 Å². The lowest BCUT2D eigenvalue weighted by Crippen LogP contribution is -2.54. The van der Waals surface area contributed by atoms with Gasteiger partial charge in [0.15, 0.2) is 0 Å². The van der Waals surface area contributed by atoms with E-state index in [4.69, 9.17) is 4.42 Å². The number of furan rings is 1. The van der Waals surface area contributed by atoms with Crippen molar-refractivity contribution in [3.8, 4) is 22.3 Å². The van der Waals surface area contributed by atoms with Crippen LogP contribution in [0.1, 0.15) is 26.3 Å². The van der Waals surface area contributed by atoms with Crippen LogP contribution >= 0.6 is 11.3 Å². The molecule has 2 aliphatic heterocycles. The number of para-hydroxylation sites is 3. The topological polar surface area (TPSA) is 16.4 Å². The predicted molar refractivity (Wildman–Crippen MR) is 198 cm³/mol. The molecular formula is C42H30BNOS. The number of fused-ring (bicyclic) bond motifs is 10. The van der Waals surface area contributed by atoms with Gasteiger partial charge < -0.3 is 9.32 Å². The van der Waals surface area contributed by atoms with Gasteiger partial charge in [-0.1, -0.05) is 87.5 Å². The average Bonchev–Trinajstić information content (AvgIpc) is 3.74. The molecule has 6 aromatic carbocycles. The Kier molecular flexibility index (Phi) is 5.26. The average molecular weight is 608 g/mol. The first-order valence-corrected chi connectivity index (χ1v) is 16.9. The Labute approximate surface area is 272 Å². The summed E-state index contributed by atoms with van der Waals surface area (Å²) in [5.41, 5.74) is 15.0. The summed E-state index contributed by atoms with van der Waals surface area (Å²) in [5, 5.41) is 3.69. The number of anilines is 3. The number of benzene rings is 6. The molecule has 46 heavy (non-hydrogen) atoms. The summed E-state index contributed by atoms with van der Waals surface area (Å²) in [6, 6.07) is 46.9. The fraction of sp³-hybridized carbons (Fsp3) is 0.0952. The third-order valence-corrected chi connectivity index (χ3v) is 11.2. The van der Waals surface area contributed by atoms with Crippen LogP contribution in [0.15, 0.2) is 132 Å². The fourth-order valence-electron chi connectivity index (χ4n) is 7.82. The van der Waals surface area contributed by atoms with Crippen molar-refractivity contribution in [3.63, 3.8) is 0 Å². The molecule has 0 spiro atoms. The Morgan fingerprint density at radius 3 is 2.28 bits per heavy atom. The lowest BCUT2D eigenvalue weighted by atomic mass is 9.39. The van der Waals surface area contributed by atoms with E-state index in [1.165, 1.54) is 70.7 Å². The van der Waals surface area contributed by atoms with Gasteiger partial charge in [-0.2, -0.15) is 0 Å². The molecule has 0 saturated heterocycles. The van der Waals surface area contributed by atoms with Gasteiger partial charge in [0.1, 0.15) is 11.2 Å². The molecule has 0 radical (unpaired) electrons. The maximum atomic E-state index is 6.22. The number of hydrogen-bond acceptors (Lipinski definition) is 3. The molecule has 0 atom stereocenters. The van der Waals surface area contributed by atoms with Crippen LogP contribution in [0.3, 0.4) is 0 Å². The monoisotopic (exact) mass is 607 g/mol. The van der Waals surface area contributed by atoms with Crippen molar-refractivity contribution in [1.82, 2.24) is 0 Å². The van der Waals surface area contributed by atoms with E-state index in [-0.39, 0.29) is 12.1 Å². The number of hydrogen-bond donors (Lipinski definition) is 0. The van der Waals surface area contributed by atoms with E-state index in [2.05, 4.69) is 147 Å². The minimum atomic E-state index is 0.0737. The molecule has 4 heteroatoms. The zero-order valence-electron chi connectivity index (χ0n) is 26.0. The first kappa shape index (κ1) is 26.2. The summed E-state index contributed by atoms with van der Waals surface area (Å²) in [5.74, 6) is 0. The molecule has 0 amide bonds. The molecule has 0 bridgehead atoms. The predicted octanol–water partition coefficient (Wildman–Crippen LogP) is 10.0. The fourth-order valence-corrected chi connectivity index (χ4v) is 9.15. The van der Waals surface area contributed by atoms with Gasteiger partial charge in [0.2, 0.25) is 0 Å². The summed E-state index contributed by atoms with van der Waals surface area (Å²) in [6.07, 6.45) is 0. The second-order valence-corrected chi connectivity index (χ2v) is 14.8. The van der Waals surface area contributed by atoms with Crippen molar-refractivity contribution < 1.29 is 4.42 Å². The Balaban J connectivity index is 1.30. The van der Waals surface area contributed by atoms with Gasteiger partial charge in [0.05, 0.1) is 0 Å². The van der Waals surface area contributed by atoms with Crippen LogP contribution in [0.4, 0.5) is 17.1 Å². The van der Waals surface area contributed by atoms with Gasteiger partial charge in [0.25, 0.3) is 6.71 Å². The summed E-state index contributed by atoms with van der Waals surface area (Å²) in [6.45, 7) is 7.14. The molecule has 2 nitrogen and oxygen atoms in total. The van der Waals surface area contributed by atoms with E-state index in [9.17, 15) is 0 Å². The smallest absolute Gasteiger partial charge is 0.260 e. The minimum Gasteiger partial charge on any atom is -0.456 e. The third-order valence-electron chi connectivity index (χ3n) is 10.0. The molecule has 0 saturated carbocycles. The summed E-state index contributed by atoms with van der Waals surface area (Å²) in [4.78, 5) is 2.49. The maximum absolute atomic E-state index is 6.22. The van der Waals surface area contributed by atoms with Gasteiger partial charge in [-0.25, -0.2) is 0 Å². The summed E-state index contributed by atoms with van der Waals surface area (Å²) >= 11 is 1.97. The van der Waals surface area contributed by atoms with Crippen LogP contribution in [0.25, 0.3) is 54.3 Å². The number of thiophene rings is 1. The Hall–Kier alpha value is -5.06. The number of nitrogens with zero attached hydrogens (tertiary/aromatic N) is 1. The first-order valence-electron chi connectivity index (χ1n) is 16.0. The standard InChI is InChI=1S/C42H30BNOS/c1-42(2,3)27-18-20-38-31(24-27)39-32-22-26(25-17-19-37-30(21-25)29-13-7-10-16-36(29)45-37)23-35-40(32)43(41(39)46-38)33-14-8-9-15-34(33)44(35)28-11-5-4-6-12-28/h4-24H,1-3H3. The zero-order chi connectivity index (χ0) is 30.7. The molecule has 8 aromatic rings. The van der Waals surface area contributed by atoms with Crippen molar-refractivity contribution in [3.05, 3.63) is 133 Å². The Morgan fingerprint density at radius 1 is 0.630 bits per heavy atom. The van der Waals surface area contributed by atoms with Crippen LogP contribution in [-0.2, 0) is 5.41 Å². The van der Waals surface area contributed by atoms with Gasteiger partial charge in [-0.15, -0.1) is 11.3 Å². The van der Waals surface area contributed by atoms with Crippen molar-refractivity contribution in [2.75, 3.05) is 4.90 Å². The van der Waals surface area contributed by atoms with Crippen LogP contribution < -0.4 is 20.6 Å². The first-order chi connectivity index (χ1) is 22.4. The van der Waals surface area contributed by atoms with Crippen molar-refractivity contribution in [2.45, 2.75) is 26.2 Å². The number of rotatable bonds is 2. The molecular weight excluding hydrogens is 577 g/mol. The van der Waals surface area contributed by atoms with E-state index in [0.717, 1.165) is 21.9 Å². The maximum Gasteiger partial charge on any atom is 0.260 e. The Morgan fingerprint density at radius 2 is 1.41 bits per heavy atom. The van der Waals surface area contributed by atoms with E-state index in [1.807, 2.05) is 17.4 Å². The van der Waals surface area contributed by atoms with E-state index in [0.29, 0.717) is 0 Å². The highest BCUT2D eigenvalue weighted by molar-refractivity contribution is 7.34. The molecule has 0 aliphatic carbocycles. The van der Waals surface area contributed by atoms with Crippen molar-refractivity contribution >= 4 is 82.8 Å². The van der Waals surface area contributed by atoms with Gasteiger partial charge in [0, 0.05) is 37.9 Å². The van der Waals surface area contributed by atoms with E-state index >= 15 is 0 Å². The second kappa shape index (κ2) is 9.25. The molecule has 0 N–H and O–H groups in total. The molecule has 2 aromatic heterocycles. The quantitative estimate of drug-likeness (QED) is 0.182. The SMILES string of the molecule is CC(C)(C)c1ccc2sc3c(c2c1)-c1cc(-c2ccc4oc5ccccc5c4c2)cc2c1B3c1ccccc1N2c1ccccc1. The molecule has 10 rings (SSSR count). The van der Waals surface area contributed by atoms with Crippen LogP contribution in [0.2, 0.25) is 0 Å². The van der Waals surface area contributed by atoms with Crippen LogP contribution in [-0.4, -0.2) is 6.71 Å². The van der Waals surface area contributed by atoms with E-state index < -0.39 is 0 Å². The van der Waals surface area contributed by atoms with Gasteiger partial charge in [-0.05, 0) is 110 Å². The normalized spacial score (nSPS) is 13.5. The molecule has 2 aliphatic rings. The highest BCUT2D eigenvalue weighted by atomic mass is 32.1. The highest BCUT2D eigenvalue weighted by Gasteiger charge is 2.44. The van der Waals surface area contributed by atoms with Gasteiger partial charge in [-0.3, -0.25) is 0 Å².